The fourth-order valence-electron chi connectivity index (χ4n) is 2.30. The molecule has 2 rings (SSSR count). The second-order valence-corrected chi connectivity index (χ2v) is 5.92. The lowest BCUT2D eigenvalue weighted by molar-refractivity contribution is 0.0830. The van der Waals surface area contributed by atoms with Gasteiger partial charge in [-0.1, -0.05) is 0 Å². The number of aliphatic hydroxyl groups is 1. The van der Waals surface area contributed by atoms with Gasteiger partial charge in [-0.25, -0.2) is 0 Å². The molecule has 0 aromatic carbocycles. The number of likely N-dealkylation sites (N-methyl/N-ethyl adjacent to an activating group) is 1. The van der Waals surface area contributed by atoms with Crippen LogP contribution in [0.2, 0.25) is 0 Å². The maximum Gasteiger partial charge on any atom is 0.0626 e. The Bertz CT molecular complexity index is 242. The molecule has 0 amide bonds. The minimum absolute atomic E-state index is 0.0882. The first-order chi connectivity index (χ1) is 8.14. The smallest absolute Gasteiger partial charge is 0.0626 e. The molecule has 0 heterocycles. The van der Waals surface area contributed by atoms with Crippen LogP contribution in [0.1, 0.15) is 25.7 Å². The summed E-state index contributed by atoms with van der Waals surface area (Å²) in [5.74, 6) is 1.35. The molecule has 0 radical (unpaired) electrons. The normalized spacial score (nSPS) is 24.0. The highest BCUT2D eigenvalue weighted by molar-refractivity contribution is 5.00. The van der Waals surface area contributed by atoms with Crippen LogP contribution in [0.3, 0.4) is 0 Å². The lowest BCUT2D eigenvalue weighted by atomic mass is 9.95. The van der Waals surface area contributed by atoms with Crippen LogP contribution in [0, 0.1) is 11.8 Å². The number of hydrogen-bond acceptors (Lipinski definition) is 4. The van der Waals surface area contributed by atoms with Crippen molar-refractivity contribution in [3.63, 3.8) is 0 Å². The monoisotopic (exact) mass is 242 g/mol. The van der Waals surface area contributed by atoms with Crippen LogP contribution in [0.4, 0.5) is 0 Å². The molecule has 3 N–H and O–H groups in total. The van der Waals surface area contributed by atoms with Crippen molar-refractivity contribution in [1.82, 2.24) is 4.90 Å². The summed E-state index contributed by atoms with van der Waals surface area (Å²) in [6.45, 7) is 3.45. The highest BCUT2D eigenvalue weighted by atomic mass is 16.5. The van der Waals surface area contributed by atoms with E-state index in [0.29, 0.717) is 5.92 Å². The molecule has 0 aromatic rings. The molecule has 17 heavy (non-hydrogen) atoms. The Hall–Kier alpha value is -0.160. The summed E-state index contributed by atoms with van der Waals surface area (Å²) in [7, 11) is 2.06. The van der Waals surface area contributed by atoms with E-state index in [4.69, 9.17) is 10.5 Å². The second-order valence-electron chi connectivity index (χ2n) is 5.92. The third kappa shape index (κ3) is 4.21. The lowest BCUT2D eigenvalue weighted by Gasteiger charge is -2.32. The van der Waals surface area contributed by atoms with E-state index in [1.807, 2.05) is 0 Å². The first kappa shape index (κ1) is 13.3. The van der Waals surface area contributed by atoms with Gasteiger partial charge in [-0.05, 0) is 44.6 Å². The number of aliphatic hydroxyl groups excluding tert-OH is 1. The van der Waals surface area contributed by atoms with Gasteiger partial charge in [-0.2, -0.15) is 0 Å². The zero-order chi connectivity index (χ0) is 12.3. The van der Waals surface area contributed by atoms with Crippen molar-refractivity contribution in [2.45, 2.75) is 31.2 Å². The number of nitrogens with zero attached hydrogens (tertiary/aromatic N) is 1. The summed E-state index contributed by atoms with van der Waals surface area (Å²) in [4.78, 5) is 2.18. The van der Waals surface area contributed by atoms with Gasteiger partial charge in [-0.3, -0.25) is 0 Å². The molecule has 2 fully saturated rings. The fourth-order valence-corrected chi connectivity index (χ4v) is 2.30. The van der Waals surface area contributed by atoms with Crippen LogP contribution in [-0.2, 0) is 4.74 Å². The highest BCUT2D eigenvalue weighted by Crippen LogP contribution is 2.38. The molecule has 0 aromatic heterocycles. The lowest BCUT2D eigenvalue weighted by Crippen LogP contribution is -2.54. The Balaban J connectivity index is 1.59. The van der Waals surface area contributed by atoms with E-state index in [9.17, 15) is 5.11 Å². The maximum atomic E-state index is 9.41. The Morgan fingerprint density at radius 2 is 2.06 bits per heavy atom. The standard InChI is InChI=1S/C13H26N2O2/c1-15(6-7-17-8-11-2-3-11)9-13(14,10-16)12-4-5-12/h11-12,16H,2-10,14H2,1H3. The quantitative estimate of drug-likeness (QED) is 0.576. The summed E-state index contributed by atoms with van der Waals surface area (Å²) < 4.78 is 5.61. The third-order valence-electron chi connectivity index (χ3n) is 3.92. The van der Waals surface area contributed by atoms with Crippen LogP contribution in [-0.4, -0.2) is 55.5 Å². The van der Waals surface area contributed by atoms with Crippen LogP contribution >= 0.6 is 0 Å². The molecular weight excluding hydrogens is 216 g/mol. The van der Waals surface area contributed by atoms with Gasteiger partial charge >= 0.3 is 0 Å². The Kier molecular flexibility index (Phi) is 4.42. The van der Waals surface area contributed by atoms with Crippen molar-refractivity contribution in [3.05, 3.63) is 0 Å². The zero-order valence-corrected chi connectivity index (χ0v) is 10.9. The molecule has 0 spiro atoms. The molecule has 2 aliphatic carbocycles. The predicted octanol–water partition coefficient (Wildman–Crippen LogP) is 0.445. The summed E-state index contributed by atoms with van der Waals surface area (Å²) in [6, 6.07) is 0. The molecule has 4 nitrogen and oxygen atoms in total. The van der Waals surface area contributed by atoms with E-state index in [-0.39, 0.29) is 6.61 Å². The van der Waals surface area contributed by atoms with E-state index in [1.165, 1.54) is 25.7 Å². The van der Waals surface area contributed by atoms with Crippen molar-refractivity contribution in [2.75, 3.05) is 40.0 Å². The first-order valence-electron chi connectivity index (χ1n) is 6.80. The number of hydrogen-bond donors (Lipinski definition) is 2. The minimum atomic E-state index is -0.398. The van der Waals surface area contributed by atoms with Crippen molar-refractivity contribution in [3.8, 4) is 0 Å². The molecule has 4 heteroatoms. The van der Waals surface area contributed by atoms with Crippen molar-refractivity contribution < 1.29 is 9.84 Å². The molecule has 2 aliphatic rings. The van der Waals surface area contributed by atoms with E-state index in [1.54, 1.807) is 0 Å². The SMILES string of the molecule is CN(CCOCC1CC1)CC(N)(CO)C1CC1. The molecule has 0 bridgehead atoms. The molecule has 0 aliphatic heterocycles. The van der Waals surface area contributed by atoms with Gasteiger partial charge in [0, 0.05) is 19.7 Å². The zero-order valence-electron chi connectivity index (χ0n) is 10.9. The number of ether oxygens (including phenoxy) is 1. The van der Waals surface area contributed by atoms with Crippen LogP contribution in [0.5, 0.6) is 0 Å². The summed E-state index contributed by atoms with van der Waals surface area (Å²) in [5.41, 5.74) is 5.84. The molecule has 2 saturated carbocycles. The van der Waals surface area contributed by atoms with Gasteiger partial charge in [0.2, 0.25) is 0 Å². The summed E-state index contributed by atoms with van der Waals surface area (Å²) in [6.07, 6.45) is 5.02. The Labute approximate surface area is 104 Å². The van der Waals surface area contributed by atoms with Gasteiger partial charge in [0.25, 0.3) is 0 Å². The summed E-state index contributed by atoms with van der Waals surface area (Å²) >= 11 is 0. The molecule has 100 valence electrons. The Morgan fingerprint density at radius 3 is 2.59 bits per heavy atom. The van der Waals surface area contributed by atoms with Crippen molar-refractivity contribution in [2.24, 2.45) is 17.6 Å². The first-order valence-corrected chi connectivity index (χ1v) is 6.80. The fraction of sp³-hybridized carbons (Fsp3) is 1.00. The molecule has 1 atom stereocenters. The van der Waals surface area contributed by atoms with Crippen molar-refractivity contribution >= 4 is 0 Å². The van der Waals surface area contributed by atoms with Crippen molar-refractivity contribution in [1.29, 1.82) is 0 Å². The molecule has 1 unspecified atom stereocenters. The van der Waals surface area contributed by atoms with Crippen LogP contribution in [0.25, 0.3) is 0 Å². The average molecular weight is 242 g/mol. The molecular formula is C13H26N2O2. The Morgan fingerprint density at radius 1 is 1.35 bits per heavy atom. The number of nitrogens with two attached hydrogens (primary N) is 1. The van der Waals surface area contributed by atoms with E-state index in [2.05, 4.69) is 11.9 Å². The van der Waals surface area contributed by atoms with Gasteiger partial charge in [0.1, 0.15) is 0 Å². The van der Waals surface area contributed by atoms with E-state index >= 15 is 0 Å². The van der Waals surface area contributed by atoms with Gasteiger partial charge < -0.3 is 20.5 Å². The van der Waals surface area contributed by atoms with Gasteiger partial charge in [0.15, 0.2) is 0 Å². The third-order valence-corrected chi connectivity index (χ3v) is 3.92. The highest BCUT2D eigenvalue weighted by Gasteiger charge is 2.42. The molecule has 0 saturated heterocycles. The van der Waals surface area contributed by atoms with Gasteiger partial charge in [-0.15, -0.1) is 0 Å². The maximum absolute atomic E-state index is 9.41. The topological polar surface area (TPSA) is 58.7 Å². The largest absolute Gasteiger partial charge is 0.394 e. The van der Waals surface area contributed by atoms with E-state index in [0.717, 1.165) is 32.2 Å². The average Bonchev–Trinajstić information content (AvgIpc) is 3.17. The van der Waals surface area contributed by atoms with Crippen LogP contribution in [0.15, 0.2) is 0 Å². The number of rotatable bonds is 9. The summed E-state index contributed by atoms with van der Waals surface area (Å²) in [5, 5.41) is 9.41. The van der Waals surface area contributed by atoms with Gasteiger partial charge in [0.05, 0.1) is 18.8 Å². The minimum Gasteiger partial charge on any atom is -0.394 e. The van der Waals surface area contributed by atoms with Crippen LogP contribution < -0.4 is 5.73 Å². The van der Waals surface area contributed by atoms with E-state index < -0.39 is 5.54 Å². The second kappa shape index (κ2) is 5.65. The predicted molar refractivity (Wildman–Crippen MR) is 67.8 cm³/mol.